The molecule has 0 unspecified atom stereocenters. The lowest BCUT2D eigenvalue weighted by Gasteiger charge is -2.04. The summed E-state index contributed by atoms with van der Waals surface area (Å²) in [5, 5.41) is 8.16. The largest absolute Gasteiger partial charge is 0.494 e. The summed E-state index contributed by atoms with van der Waals surface area (Å²) in [7, 11) is 0. The lowest BCUT2D eigenvalue weighted by Crippen LogP contribution is -1.94. The summed E-state index contributed by atoms with van der Waals surface area (Å²) in [5.41, 5.74) is 8.07. The van der Waals surface area contributed by atoms with E-state index in [9.17, 15) is 0 Å². The van der Waals surface area contributed by atoms with E-state index < -0.39 is 0 Å². The maximum absolute atomic E-state index is 5.71. The Hall–Kier alpha value is -2.82. The van der Waals surface area contributed by atoms with Crippen molar-refractivity contribution >= 4 is 5.69 Å². The molecule has 0 spiro atoms. The highest BCUT2D eigenvalue weighted by molar-refractivity contribution is 5.60. The number of nitrogens with zero attached hydrogens (tertiary/aromatic N) is 2. The van der Waals surface area contributed by atoms with Crippen LogP contribution < -0.4 is 10.5 Å². The molecular formula is C17H17N3O2. The fraction of sp³-hybridized carbons (Fsp3) is 0.176. The zero-order valence-corrected chi connectivity index (χ0v) is 12.3. The molecule has 0 atom stereocenters. The lowest BCUT2D eigenvalue weighted by atomic mass is 10.2. The standard InChI is InChI=1S/C17H17N3O2/c1-2-11-21-15-9-5-13(6-10-15)17-20-19-16(22-17)12-3-7-14(18)8-4-12/h3-10H,2,11,18H2,1H3. The first kappa shape index (κ1) is 14.1. The molecule has 0 aliphatic heterocycles. The molecule has 2 aromatic carbocycles. The van der Waals surface area contributed by atoms with Crippen molar-refractivity contribution in [2.24, 2.45) is 0 Å². The molecule has 5 nitrogen and oxygen atoms in total. The molecule has 1 aromatic heterocycles. The highest BCUT2D eigenvalue weighted by atomic mass is 16.5. The highest BCUT2D eigenvalue weighted by Gasteiger charge is 2.10. The van der Waals surface area contributed by atoms with E-state index in [1.54, 1.807) is 12.1 Å². The van der Waals surface area contributed by atoms with Crippen molar-refractivity contribution < 1.29 is 9.15 Å². The van der Waals surface area contributed by atoms with Crippen LogP contribution in [0.4, 0.5) is 5.69 Å². The van der Waals surface area contributed by atoms with Crippen molar-refractivity contribution in [3.8, 4) is 28.7 Å². The van der Waals surface area contributed by atoms with Gasteiger partial charge in [-0.15, -0.1) is 10.2 Å². The molecule has 5 heteroatoms. The Bertz CT molecular complexity index is 733. The van der Waals surface area contributed by atoms with E-state index in [0.29, 0.717) is 24.1 Å². The normalized spacial score (nSPS) is 10.6. The predicted octanol–water partition coefficient (Wildman–Crippen LogP) is 3.77. The van der Waals surface area contributed by atoms with E-state index in [2.05, 4.69) is 17.1 Å². The van der Waals surface area contributed by atoms with E-state index in [1.165, 1.54) is 0 Å². The smallest absolute Gasteiger partial charge is 0.248 e. The van der Waals surface area contributed by atoms with E-state index in [-0.39, 0.29) is 0 Å². The fourth-order valence-electron chi connectivity index (χ4n) is 2.00. The van der Waals surface area contributed by atoms with Gasteiger partial charge in [-0.2, -0.15) is 0 Å². The van der Waals surface area contributed by atoms with E-state index in [1.807, 2.05) is 36.4 Å². The van der Waals surface area contributed by atoms with Crippen LogP contribution in [0.5, 0.6) is 5.75 Å². The number of nitrogen functional groups attached to an aromatic ring is 1. The Morgan fingerprint density at radius 3 is 2.00 bits per heavy atom. The molecule has 0 saturated heterocycles. The van der Waals surface area contributed by atoms with Crippen molar-refractivity contribution in [2.45, 2.75) is 13.3 Å². The third-order valence-corrected chi connectivity index (χ3v) is 3.16. The van der Waals surface area contributed by atoms with Gasteiger partial charge in [0.05, 0.1) is 6.61 Å². The van der Waals surface area contributed by atoms with Gasteiger partial charge in [0.1, 0.15) is 5.75 Å². The van der Waals surface area contributed by atoms with E-state index in [4.69, 9.17) is 14.9 Å². The summed E-state index contributed by atoms with van der Waals surface area (Å²) in [6.07, 6.45) is 0.983. The van der Waals surface area contributed by atoms with Gasteiger partial charge in [0.25, 0.3) is 0 Å². The molecule has 3 rings (SSSR count). The van der Waals surface area contributed by atoms with Gasteiger partial charge in [-0.25, -0.2) is 0 Å². The highest BCUT2D eigenvalue weighted by Crippen LogP contribution is 2.25. The third-order valence-electron chi connectivity index (χ3n) is 3.16. The van der Waals surface area contributed by atoms with Crippen LogP contribution in [0.15, 0.2) is 52.9 Å². The molecule has 0 aliphatic carbocycles. The number of hydrogen-bond acceptors (Lipinski definition) is 5. The second kappa shape index (κ2) is 6.30. The van der Waals surface area contributed by atoms with Crippen LogP contribution in [-0.4, -0.2) is 16.8 Å². The van der Waals surface area contributed by atoms with Gasteiger partial charge in [-0.05, 0) is 55.0 Å². The first-order chi connectivity index (χ1) is 10.8. The molecule has 0 amide bonds. The van der Waals surface area contributed by atoms with Crippen LogP contribution in [0.3, 0.4) is 0 Å². The molecule has 0 aliphatic rings. The van der Waals surface area contributed by atoms with E-state index in [0.717, 1.165) is 23.3 Å². The van der Waals surface area contributed by atoms with Crippen molar-refractivity contribution in [3.05, 3.63) is 48.5 Å². The van der Waals surface area contributed by atoms with Crippen LogP contribution in [-0.2, 0) is 0 Å². The molecular weight excluding hydrogens is 278 g/mol. The number of nitrogens with two attached hydrogens (primary N) is 1. The van der Waals surface area contributed by atoms with Crippen molar-refractivity contribution in [1.82, 2.24) is 10.2 Å². The minimum atomic E-state index is 0.473. The quantitative estimate of drug-likeness (QED) is 0.725. The zero-order valence-electron chi connectivity index (χ0n) is 12.3. The van der Waals surface area contributed by atoms with Gasteiger partial charge in [0.15, 0.2) is 0 Å². The molecule has 0 fully saturated rings. The first-order valence-electron chi connectivity index (χ1n) is 7.19. The van der Waals surface area contributed by atoms with Crippen LogP contribution in [0.2, 0.25) is 0 Å². The van der Waals surface area contributed by atoms with Crippen molar-refractivity contribution in [2.75, 3.05) is 12.3 Å². The number of hydrogen-bond donors (Lipinski definition) is 1. The average Bonchev–Trinajstić information content (AvgIpc) is 3.04. The monoisotopic (exact) mass is 295 g/mol. The second-order valence-electron chi connectivity index (χ2n) is 4.91. The Labute approximate surface area is 128 Å². The van der Waals surface area contributed by atoms with Crippen LogP contribution in [0.25, 0.3) is 22.9 Å². The Morgan fingerprint density at radius 1 is 0.909 bits per heavy atom. The number of benzene rings is 2. The fourth-order valence-corrected chi connectivity index (χ4v) is 2.00. The summed E-state index contributed by atoms with van der Waals surface area (Å²) in [4.78, 5) is 0. The average molecular weight is 295 g/mol. The summed E-state index contributed by atoms with van der Waals surface area (Å²) in [6, 6.07) is 14.9. The topological polar surface area (TPSA) is 74.2 Å². The molecule has 3 aromatic rings. The van der Waals surface area contributed by atoms with E-state index >= 15 is 0 Å². The molecule has 112 valence electrons. The summed E-state index contributed by atoms with van der Waals surface area (Å²) in [6.45, 7) is 2.78. The molecule has 1 heterocycles. The molecule has 0 radical (unpaired) electrons. The van der Waals surface area contributed by atoms with Gasteiger partial charge in [0, 0.05) is 16.8 Å². The second-order valence-corrected chi connectivity index (χ2v) is 4.91. The van der Waals surface area contributed by atoms with Gasteiger partial charge >= 0.3 is 0 Å². The minimum absolute atomic E-state index is 0.473. The van der Waals surface area contributed by atoms with Crippen LogP contribution in [0, 0.1) is 0 Å². The number of aromatic nitrogens is 2. The molecule has 0 saturated carbocycles. The lowest BCUT2D eigenvalue weighted by molar-refractivity contribution is 0.317. The van der Waals surface area contributed by atoms with Crippen molar-refractivity contribution in [1.29, 1.82) is 0 Å². The van der Waals surface area contributed by atoms with Gasteiger partial charge in [-0.1, -0.05) is 6.92 Å². The summed E-state index contributed by atoms with van der Waals surface area (Å²) in [5.74, 6) is 1.79. The minimum Gasteiger partial charge on any atom is -0.494 e. The zero-order chi connectivity index (χ0) is 15.4. The summed E-state index contributed by atoms with van der Waals surface area (Å²) < 4.78 is 11.3. The van der Waals surface area contributed by atoms with Crippen LogP contribution in [0.1, 0.15) is 13.3 Å². The molecule has 0 bridgehead atoms. The number of ether oxygens (including phenoxy) is 1. The first-order valence-corrected chi connectivity index (χ1v) is 7.19. The SMILES string of the molecule is CCCOc1ccc(-c2nnc(-c3ccc(N)cc3)o2)cc1. The number of anilines is 1. The van der Waals surface area contributed by atoms with Gasteiger partial charge in [0.2, 0.25) is 11.8 Å². The van der Waals surface area contributed by atoms with Gasteiger partial charge < -0.3 is 14.9 Å². The Kier molecular flexibility index (Phi) is 4.05. The predicted molar refractivity (Wildman–Crippen MR) is 85.4 cm³/mol. The van der Waals surface area contributed by atoms with Crippen molar-refractivity contribution in [3.63, 3.8) is 0 Å². The maximum atomic E-state index is 5.71. The Morgan fingerprint density at radius 2 is 1.45 bits per heavy atom. The summed E-state index contributed by atoms with van der Waals surface area (Å²) >= 11 is 0. The molecule has 22 heavy (non-hydrogen) atoms. The number of rotatable bonds is 5. The molecule has 2 N–H and O–H groups in total. The van der Waals surface area contributed by atoms with Gasteiger partial charge in [-0.3, -0.25) is 0 Å². The third kappa shape index (κ3) is 3.09. The Balaban J connectivity index is 1.79. The maximum Gasteiger partial charge on any atom is 0.248 e. The van der Waals surface area contributed by atoms with Crippen LogP contribution >= 0.6 is 0 Å².